The van der Waals surface area contributed by atoms with E-state index in [0.29, 0.717) is 30.1 Å². The second kappa shape index (κ2) is 7.77. The first-order chi connectivity index (χ1) is 13.8. The van der Waals surface area contributed by atoms with E-state index in [1.165, 1.54) is 0 Å². The molecule has 0 aromatic rings. The Bertz CT molecular complexity index is 737. The maximum absolute atomic E-state index is 12.4. The van der Waals surface area contributed by atoms with Crippen molar-refractivity contribution >= 4 is 11.6 Å². The molecule has 0 spiro atoms. The molecule has 4 aliphatic rings. The van der Waals surface area contributed by atoms with Crippen LogP contribution in [0.3, 0.4) is 0 Å². The van der Waals surface area contributed by atoms with Gasteiger partial charge in [-0.2, -0.15) is 0 Å². The summed E-state index contributed by atoms with van der Waals surface area (Å²) in [5, 5.41) is 0. The predicted octanol–water partition coefficient (Wildman–Crippen LogP) is 4.88. The van der Waals surface area contributed by atoms with Gasteiger partial charge in [-0.25, -0.2) is 0 Å². The first-order valence-electron chi connectivity index (χ1n) is 11.5. The van der Waals surface area contributed by atoms with Crippen LogP contribution >= 0.6 is 0 Å². The minimum absolute atomic E-state index is 0.0668. The van der Waals surface area contributed by atoms with Crippen molar-refractivity contribution in [2.75, 3.05) is 13.4 Å². The molecule has 0 amide bonds. The van der Waals surface area contributed by atoms with E-state index in [0.717, 1.165) is 44.1 Å². The van der Waals surface area contributed by atoms with Crippen LogP contribution in [0.25, 0.3) is 0 Å². The van der Waals surface area contributed by atoms with Crippen LogP contribution in [0.5, 0.6) is 0 Å². The number of fused-ring (bicyclic) bond motifs is 5. The lowest BCUT2D eigenvalue weighted by molar-refractivity contribution is -0.134. The molecule has 29 heavy (non-hydrogen) atoms. The quantitative estimate of drug-likeness (QED) is 0.471. The summed E-state index contributed by atoms with van der Waals surface area (Å²) in [6.45, 7) is 9.49. The van der Waals surface area contributed by atoms with E-state index in [2.05, 4.69) is 26.8 Å². The number of hydrogen-bond donors (Lipinski definition) is 0. The topological polar surface area (TPSA) is 52.6 Å². The summed E-state index contributed by atoms with van der Waals surface area (Å²) in [6, 6.07) is 0. The van der Waals surface area contributed by atoms with Gasteiger partial charge in [0.15, 0.2) is 5.78 Å². The number of carbonyl (C=O) groups excluding carboxylic acids is 2. The van der Waals surface area contributed by atoms with Gasteiger partial charge in [0.1, 0.15) is 12.6 Å². The third-order valence-electron chi connectivity index (χ3n) is 8.75. The highest BCUT2D eigenvalue weighted by Crippen LogP contribution is 2.66. The molecule has 3 saturated carbocycles. The second-order valence-corrected chi connectivity index (χ2v) is 10.2. The van der Waals surface area contributed by atoms with Crippen LogP contribution < -0.4 is 0 Å². The predicted molar refractivity (Wildman–Crippen MR) is 112 cm³/mol. The maximum atomic E-state index is 12.4. The van der Waals surface area contributed by atoms with E-state index in [4.69, 9.17) is 9.47 Å². The molecule has 0 bridgehead atoms. The summed E-state index contributed by atoms with van der Waals surface area (Å²) >= 11 is 0. The fourth-order valence-electron chi connectivity index (χ4n) is 7.38. The number of allylic oxidation sites excluding steroid dienone is 3. The first-order valence-corrected chi connectivity index (χ1v) is 11.5. The van der Waals surface area contributed by atoms with Gasteiger partial charge in [0.2, 0.25) is 0 Å². The Balaban J connectivity index is 1.64. The van der Waals surface area contributed by atoms with Crippen molar-refractivity contribution in [3.63, 3.8) is 0 Å². The summed E-state index contributed by atoms with van der Waals surface area (Å²) < 4.78 is 11.8. The molecular formula is C25H36O4. The third-order valence-corrected chi connectivity index (χ3v) is 8.75. The monoisotopic (exact) mass is 400 g/mol. The van der Waals surface area contributed by atoms with Gasteiger partial charge < -0.3 is 9.47 Å². The largest absolute Gasteiger partial charge is 0.355 e. The van der Waals surface area contributed by atoms with Crippen molar-refractivity contribution in [2.24, 2.45) is 34.5 Å². The van der Waals surface area contributed by atoms with E-state index in [1.54, 1.807) is 13.0 Å². The fraction of sp³-hybridized carbons (Fsp3) is 0.760. The second-order valence-electron chi connectivity index (χ2n) is 10.2. The first kappa shape index (κ1) is 21.0. The molecule has 4 aliphatic carbocycles. The van der Waals surface area contributed by atoms with Crippen molar-refractivity contribution in [3.8, 4) is 0 Å². The van der Waals surface area contributed by atoms with Crippen LogP contribution in [-0.4, -0.2) is 31.1 Å². The summed E-state index contributed by atoms with van der Waals surface area (Å²) in [5.41, 5.74) is 1.11. The van der Waals surface area contributed by atoms with Gasteiger partial charge in [-0.3, -0.25) is 9.59 Å². The molecule has 0 heterocycles. The number of hydrogen-bond acceptors (Lipinski definition) is 4. The lowest BCUT2D eigenvalue weighted by Crippen LogP contribution is -2.53. The van der Waals surface area contributed by atoms with Gasteiger partial charge in [0.05, 0.1) is 6.10 Å². The van der Waals surface area contributed by atoms with Crippen molar-refractivity contribution in [1.82, 2.24) is 0 Å². The van der Waals surface area contributed by atoms with Crippen molar-refractivity contribution in [1.29, 1.82) is 0 Å². The van der Waals surface area contributed by atoms with Gasteiger partial charge >= 0.3 is 0 Å². The van der Waals surface area contributed by atoms with E-state index in [9.17, 15) is 9.59 Å². The molecule has 0 radical (unpaired) electrons. The summed E-state index contributed by atoms with van der Waals surface area (Å²) in [4.78, 5) is 24.6. The van der Waals surface area contributed by atoms with E-state index < -0.39 is 0 Å². The standard InChI is InChI=1S/C25H36O4/c1-5-12-28-15-29-23-14-18-20-7-6-19(16(2)26)24(20,3)11-9-21(18)25(4)10-8-17(27)13-22(23)25/h8,10,13,18-21,23H,5-7,9,11-12,14-15H2,1-4H3/t18-,19+,20-,21-,23?,24+,25+/m0/s1. The molecular weight excluding hydrogens is 364 g/mol. The Morgan fingerprint density at radius 2 is 2.00 bits per heavy atom. The molecule has 0 N–H and O–H groups in total. The highest BCUT2D eigenvalue weighted by molar-refractivity contribution is 6.01. The normalized spacial score (nSPS) is 43.4. The summed E-state index contributed by atoms with van der Waals surface area (Å²) in [5.74, 6) is 2.22. The minimum atomic E-state index is -0.137. The Morgan fingerprint density at radius 1 is 1.21 bits per heavy atom. The van der Waals surface area contributed by atoms with Gasteiger partial charge in [-0.05, 0) is 86.3 Å². The lowest BCUT2D eigenvalue weighted by atomic mass is 9.47. The zero-order valence-electron chi connectivity index (χ0n) is 18.4. The smallest absolute Gasteiger partial charge is 0.178 e. The SMILES string of the molecule is CCCOCOC1C[C@H]2[C@@H]3CC[C@H](C(C)=O)[C@@]3(C)CC[C@@H]2[C@@]2(C)C=CC(=O)C=C12. The number of rotatable bonds is 6. The van der Waals surface area contributed by atoms with E-state index in [-0.39, 0.29) is 35.4 Å². The van der Waals surface area contributed by atoms with Crippen LogP contribution in [0, 0.1) is 34.5 Å². The molecule has 4 nitrogen and oxygen atoms in total. The zero-order chi connectivity index (χ0) is 20.8. The fourth-order valence-corrected chi connectivity index (χ4v) is 7.38. The minimum Gasteiger partial charge on any atom is -0.355 e. The Labute approximate surface area is 175 Å². The maximum Gasteiger partial charge on any atom is 0.178 e. The van der Waals surface area contributed by atoms with Crippen molar-refractivity contribution in [3.05, 3.63) is 23.8 Å². The number of Topliss-reactive ketones (excluding diaryl/α,β-unsaturated/α-hetero) is 1. The molecule has 0 aliphatic heterocycles. The summed E-state index contributed by atoms with van der Waals surface area (Å²) in [6.07, 6.45) is 11.9. The van der Waals surface area contributed by atoms with Gasteiger partial charge in [0.25, 0.3) is 0 Å². The molecule has 160 valence electrons. The van der Waals surface area contributed by atoms with Gasteiger partial charge in [-0.15, -0.1) is 0 Å². The lowest BCUT2D eigenvalue weighted by Gasteiger charge is -2.58. The molecule has 0 saturated heterocycles. The number of carbonyl (C=O) groups is 2. The van der Waals surface area contributed by atoms with Gasteiger partial charge in [0, 0.05) is 17.9 Å². The van der Waals surface area contributed by atoms with Crippen LogP contribution in [-0.2, 0) is 19.1 Å². The average Bonchev–Trinajstić information content (AvgIpc) is 3.04. The molecule has 7 atom stereocenters. The highest BCUT2D eigenvalue weighted by Gasteiger charge is 2.60. The van der Waals surface area contributed by atoms with Crippen LogP contribution in [0.2, 0.25) is 0 Å². The molecule has 1 unspecified atom stereocenters. The molecule has 4 heteroatoms. The molecule has 4 rings (SSSR count). The van der Waals surface area contributed by atoms with Crippen molar-refractivity contribution < 1.29 is 19.1 Å². The molecule has 3 fully saturated rings. The summed E-state index contributed by atoms with van der Waals surface area (Å²) in [7, 11) is 0. The molecule has 0 aromatic heterocycles. The van der Waals surface area contributed by atoms with E-state index >= 15 is 0 Å². The van der Waals surface area contributed by atoms with E-state index in [1.807, 2.05) is 6.08 Å². The Morgan fingerprint density at radius 3 is 2.72 bits per heavy atom. The number of ether oxygens (including phenoxy) is 2. The molecule has 0 aromatic carbocycles. The zero-order valence-corrected chi connectivity index (χ0v) is 18.4. The average molecular weight is 401 g/mol. The van der Waals surface area contributed by atoms with Gasteiger partial charge in [-0.1, -0.05) is 26.8 Å². The van der Waals surface area contributed by atoms with Crippen molar-refractivity contribution in [2.45, 2.75) is 72.3 Å². The van der Waals surface area contributed by atoms with Crippen LogP contribution in [0.15, 0.2) is 23.8 Å². The highest BCUT2D eigenvalue weighted by atomic mass is 16.7. The number of ketones is 2. The Kier molecular flexibility index (Phi) is 5.63. The van der Waals surface area contributed by atoms with Crippen LogP contribution in [0.1, 0.15) is 66.2 Å². The van der Waals surface area contributed by atoms with Crippen LogP contribution in [0.4, 0.5) is 0 Å². The third kappa shape index (κ3) is 3.37. The Hall–Kier alpha value is -1.26.